The summed E-state index contributed by atoms with van der Waals surface area (Å²) in [7, 11) is 0. The molecule has 4 nitrogen and oxygen atoms in total. The predicted octanol–water partition coefficient (Wildman–Crippen LogP) is 3.08. The zero-order valence-electron chi connectivity index (χ0n) is 12.0. The van der Waals surface area contributed by atoms with Crippen molar-refractivity contribution in [2.75, 3.05) is 0 Å². The van der Waals surface area contributed by atoms with Crippen LogP contribution in [-0.2, 0) is 11.3 Å². The Morgan fingerprint density at radius 2 is 2.00 bits per heavy atom. The molecule has 0 aliphatic heterocycles. The smallest absolute Gasteiger partial charge is 0.321 e. The van der Waals surface area contributed by atoms with Crippen LogP contribution in [0.15, 0.2) is 41.4 Å². The second kappa shape index (κ2) is 6.74. The number of rotatable bonds is 5. The Labute approximate surface area is 128 Å². The molecule has 0 saturated carbocycles. The first-order valence-corrected chi connectivity index (χ1v) is 7.52. The monoisotopic (exact) mass is 302 g/mol. The van der Waals surface area contributed by atoms with Gasteiger partial charge in [-0.15, -0.1) is 0 Å². The highest BCUT2D eigenvalue weighted by Crippen LogP contribution is 2.37. The van der Waals surface area contributed by atoms with Gasteiger partial charge in [0.25, 0.3) is 0 Å². The van der Waals surface area contributed by atoms with Crippen LogP contribution in [-0.4, -0.2) is 16.1 Å². The number of nitrogens with two attached hydrogens (primary N) is 1. The van der Waals surface area contributed by atoms with Crippen LogP contribution in [0.1, 0.15) is 27.6 Å². The zero-order valence-corrected chi connectivity index (χ0v) is 12.9. The number of pyridine rings is 1. The van der Waals surface area contributed by atoms with Gasteiger partial charge in [0.05, 0.1) is 0 Å². The summed E-state index contributed by atoms with van der Waals surface area (Å²) in [5, 5.41) is 9.52. The number of nitrogens with zero attached hydrogens (tertiary/aromatic N) is 1. The van der Waals surface area contributed by atoms with Gasteiger partial charge < -0.3 is 10.8 Å². The molecule has 1 aromatic carbocycles. The summed E-state index contributed by atoms with van der Waals surface area (Å²) in [6, 6.07) is 11.1. The number of benzene rings is 1. The van der Waals surface area contributed by atoms with E-state index in [1.165, 1.54) is 11.8 Å². The lowest BCUT2D eigenvalue weighted by molar-refractivity contribution is -0.136. The van der Waals surface area contributed by atoms with Crippen molar-refractivity contribution < 1.29 is 9.90 Å². The Morgan fingerprint density at radius 1 is 1.33 bits per heavy atom. The maximum atomic E-state index is 11.6. The van der Waals surface area contributed by atoms with E-state index in [4.69, 9.17) is 5.73 Å². The molecular weight excluding hydrogens is 284 g/mol. The third-order valence-electron chi connectivity index (χ3n) is 3.20. The van der Waals surface area contributed by atoms with Gasteiger partial charge in [0, 0.05) is 17.8 Å². The third-order valence-corrected chi connectivity index (χ3v) is 4.47. The molecule has 0 spiro atoms. The highest BCUT2D eigenvalue weighted by atomic mass is 32.2. The van der Waals surface area contributed by atoms with Gasteiger partial charge in [-0.05, 0) is 31.0 Å². The summed E-state index contributed by atoms with van der Waals surface area (Å²) >= 11 is 1.24. The van der Waals surface area contributed by atoms with E-state index in [1.807, 2.05) is 50.2 Å². The summed E-state index contributed by atoms with van der Waals surface area (Å²) < 4.78 is 0. The van der Waals surface area contributed by atoms with Crippen LogP contribution in [0.25, 0.3) is 0 Å². The largest absolute Gasteiger partial charge is 0.480 e. The molecule has 2 aromatic rings. The quantitative estimate of drug-likeness (QED) is 0.830. The predicted molar refractivity (Wildman–Crippen MR) is 84.3 cm³/mol. The molecule has 0 amide bonds. The molecule has 0 radical (unpaired) electrons. The number of carboxylic acids is 1. The molecule has 0 fully saturated rings. The van der Waals surface area contributed by atoms with Crippen molar-refractivity contribution in [3.05, 3.63) is 58.8 Å². The summed E-state index contributed by atoms with van der Waals surface area (Å²) in [6.45, 7) is 4.22. The van der Waals surface area contributed by atoms with Crippen molar-refractivity contribution >= 4 is 17.7 Å². The first kappa shape index (κ1) is 15.5. The minimum Gasteiger partial charge on any atom is -0.480 e. The highest BCUT2D eigenvalue weighted by Gasteiger charge is 2.23. The van der Waals surface area contributed by atoms with Crippen LogP contribution < -0.4 is 5.73 Å². The summed E-state index contributed by atoms with van der Waals surface area (Å²) in [5.74, 6) is -0.880. The lowest BCUT2D eigenvalue weighted by atomic mass is 10.1. The average Bonchev–Trinajstić information content (AvgIpc) is 2.45. The minimum atomic E-state index is -0.880. The van der Waals surface area contributed by atoms with Crippen molar-refractivity contribution in [1.82, 2.24) is 4.98 Å². The molecule has 1 atom stereocenters. The van der Waals surface area contributed by atoms with Crippen LogP contribution in [0.3, 0.4) is 0 Å². The van der Waals surface area contributed by atoms with Crippen LogP contribution in [0.2, 0.25) is 0 Å². The number of aromatic nitrogens is 1. The lowest BCUT2D eigenvalue weighted by Gasteiger charge is -2.16. The van der Waals surface area contributed by atoms with Gasteiger partial charge in [0.15, 0.2) is 0 Å². The van der Waals surface area contributed by atoms with Crippen molar-refractivity contribution in [3.63, 3.8) is 0 Å². The van der Waals surface area contributed by atoms with Crippen molar-refractivity contribution in [1.29, 1.82) is 0 Å². The Bertz CT molecular complexity index is 644. The molecule has 0 saturated heterocycles. The molecule has 1 aromatic heterocycles. The Kier molecular flexibility index (Phi) is 4.98. The molecule has 5 heteroatoms. The van der Waals surface area contributed by atoms with Gasteiger partial charge in [-0.1, -0.05) is 42.1 Å². The summed E-state index contributed by atoms with van der Waals surface area (Å²) in [6.07, 6.45) is 0. The van der Waals surface area contributed by atoms with Crippen molar-refractivity contribution in [2.45, 2.75) is 30.7 Å². The molecule has 2 rings (SSSR count). The van der Waals surface area contributed by atoms with E-state index in [-0.39, 0.29) is 0 Å². The lowest BCUT2D eigenvalue weighted by Crippen LogP contribution is -2.11. The Morgan fingerprint density at radius 3 is 2.57 bits per heavy atom. The van der Waals surface area contributed by atoms with Gasteiger partial charge in [-0.25, -0.2) is 4.98 Å². The van der Waals surface area contributed by atoms with E-state index in [2.05, 4.69) is 4.98 Å². The number of aliphatic carboxylic acids is 1. The van der Waals surface area contributed by atoms with Crippen LogP contribution in [0, 0.1) is 13.8 Å². The third kappa shape index (κ3) is 3.62. The maximum Gasteiger partial charge on any atom is 0.321 e. The van der Waals surface area contributed by atoms with E-state index in [9.17, 15) is 9.90 Å². The van der Waals surface area contributed by atoms with Crippen LogP contribution >= 0.6 is 11.8 Å². The van der Waals surface area contributed by atoms with Crippen LogP contribution in [0.4, 0.5) is 0 Å². The van der Waals surface area contributed by atoms with E-state index >= 15 is 0 Å². The van der Waals surface area contributed by atoms with Crippen molar-refractivity contribution in [3.8, 4) is 0 Å². The fourth-order valence-corrected chi connectivity index (χ4v) is 3.38. The second-order valence-corrected chi connectivity index (χ2v) is 5.91. The van der Waals surface area contributed by atoms with E-state index < -0.39 is 11.2 Å². The number of thioether (sulfide) groups is 1. The first-order valence-electron chi connectivity index (χ1n) is 6.64. The van der Waals surface area contributed by atoms with E-state index in [1.54, 1.807) is 0 Å². The molecule has 3 N–H and O–H groups in total. The fourth-order valence-electron chi connectivity index (χ4n) is 2.18. The zero-order chi connectivity index (χ0) is 15.4. The molecule has 21 heavy (non-hydrogen) atoms. The SMILES string of the molecule is Cc1cc(C)c(CN)c(S[C@H](C(=O)O)c2ccccc2)n1. The first-order chi connectivity index (χ1) is 10.0. The molecule has 110 valence electrons. The molecule has 0 bridgehead atoms. The van der Waals surface area contributed by atoms with Crippen molar-refractivity contribution in [2.24, 2.45) is 5.73 Å². The van der Waals surface area contributed by atoms with Gasteiger partial charge in [0.1, 0.15) is 10.3 Å². The van der Waals surface area contributed by atoms with Gasteiger partial charge >= 0.3 is 5.97 Å². The van der Waals surface area contributed by atoms with Gasteiger partial charge in [-0.2, -0.15) is 0 Å². The summed E-state index contributed by atoms with van der Waals surface area (Å²) in [4.78, 5) is 16.1. The maximum absolute atomic E-state index is 11.6. The molecule has 0 aliphatic rings. The fraction of sp³-hybridized carbons (Fsp3) is 0.250. The molecular formula is C16H18N2O2S. The number of carbonyl (C=O) groups is 1. The number of carboxylic acid groups (broad SMARTS) is 1. The Balaban J connectivity index is 2.41. The molecule has 0 unspecified atom stereocenters. The van der Waals surface area contributed by atoms with Crippen LogP contribution in [0.5, 0.6) is 0 Å². The number of aryl methyl sites for hydroxylation is 2. The second-order valence-electron chi connectivity index (χ2n) is 4.82. The average molecular weight is 302 g/mol. The highest BCUT2D eigenvalue weighted by molar-refractivity contribution is 8.00. The normalized spacial score (nSPS) is 12.1. The number of hydrogen-bond donors (Lipinski definition) is 2. The molecule has 1 heterocycles. The molecule has 0 aliphatic carbocycles. The minimum absolute atomic E-state index is 0.350. The van der Waals surface area contributed by atoms with E-state index in [0.717, 1.165) is 22.4 Å². The standard InChI is InChI=1S/C16H18N2O2S/c1-10-8-11(2)18-15(13(10)9-17)21-14(16(19)20)12-6-4-3-5-7-12/h3-8,14H,9,17H2,1-2H3,(H,19,20)/t14-/m0/s1. The summed E-state index contributed by atoms with van der Waals surface area (Å²) in [5.41, 5.74) is 9.36. The van der Waals surface area contributed by atoms with E-state index in [0.29, 0.717) is 11.6 Å². The number of hydrogen-bond acceptors (Lipinski definition) is 4. The van der Waals surface area contributed by atoms with Gasteiger partial charge in [0.2, 0.25) is 0 Å². The van der Waals surface area contributed by atoms with Gasteiger partial charge in [-0.3, -0.25) is 4.79 Å². The Hall–Kier alpha value is -1.85. The topological polar surface area (TPSA) is 76.2 Å².